The zero-order chi connectivity index (χ0) is 20.5. The molecule has 0 radical (unpaired) electrons. The summed E-state index contributed by atoms with van der Waals surface area (Å²) < 4.78 is 15.2. The minimum absolute atomic E-state index is 0.0547. The predicted molar refractivity (Wildman–Crippen MR) is 103 cm³/mol. The molecule has 2 aromatic carbocycles. The van der Waals surface area contributed by atoms with Gasteiger partial charge in [-0.2, -0.15) is 9.67 Å². The molecule has 4 rings (SSSR count). The summed E-state index contributed by atoms with van der Waals surface area (Å²) in [6.45, 7) is -0.0527. The van der Waals surface area contributed by atoms with E-state index in [2.05, 4.69) is 10.3 Å². The number of anilines is 1. The van der Waals surface area contributed by atoms with Crippen molar-refractivity contribution in [1.82, 2.24) is 19.7 Å². The van der Waals surface area contributed by atoms with Gasteiger partial charge in [-0.1, -0.05) is 23.7 Å². The third-order valence-corrected chi connectivity index (χ3v) is 4.73. The molecule has 148 valence electrons. The number of fused-ring (bicyclic) bond motifs is 1. The number of halogens is 2. The van der Waals surface area contributed by atoms with Crippen LogP contribution < -0.4 is 15.9 Å². The summed E-state index contributed by atoms with van der Waals surface area (Å²) in [5.41, 5.74) is 0.619. The number of amides is 2. The molecule has 1 N–H and O–H groups in total. The molecule has 0 bridgehead atoms. The number of carbonyl (C=O) groups excluding carboxylic acids is 2. The number of aromatic nitrogens is 3. The Labute approximate surface area is 169 Å². The van der Waals surface area contributed by atoms with Gasteiger partial charge in [-0.15, -0.1) is 0 Å². The number of hydrogen-bond acceptors (Lipinski definition) is 4. The maximum absolute atomic E-state index is 13.1. The second-order valence-electron chi connectivity index (χ2n) is 6.43. The first-order valence-corrected chi connectivity index (χ1v) is 9.07. The normalized spacial score (nSPS) is 12.9. The van der Waals surface area contributed by atoms with Gasteiger partial charge in [0.15, 0.2) is 5.82 Å². The Kier molecular flexibility index (Phi) is 4.89. The lowest BCUT2D eigenvalue weighted by atomic mass is 10.2. The largest absolute Gasteiger partial charge is 0.365 e. The monoisotopic (exact) mass is 415 g/mol. The van der Waals surface area contributed by atoms with E-state index in [1.54, 1.807) is 24.3 Å². The predicted octanol–water partition coefficient (Wildman–Crippen LogP) is 2.14. The number of nitrogens with zero attached hydrogens (tertiary/aromatic N) is 4. The van der Waals surface area contributed by atoms with Gasteiger partial charge in [0.1, 0.15) is 12.4 Å². The lowest BCUT2D eigenvalue weighted by Gasteiger charge is -2.15. The van der Waals surface area contributed by atoms with Crippen molar-refractivity contribution in [2.75, 3.05) is 4.90 Å². The van der Waals surface area contributed by atoms with E-state index in [1.165, 1.54) is 29.2 Å². The zero-order valence-corrected chi connectivity index (χ0v) is 15.8. The molecule has 29 heavy (non-hydrogen) atoms. The van der Waals surface area contributed by atoms with E-state index in [0.717, 1.165) is 14.9 Å². The van der Waals surface area contributed by atoms with Crippen LogP contribution in [0.2, 0.25) is 5.02 Å². The third kappa shape index (κ3) is 3.77. The number of hydrogen-bond donors (Lipinski definition) is 1. The highest BCUT2D eigenvalue weighted by Crippen LogP contribution is 2.23. The van der Waals surface area contributed by atoms with Crippen LogP contribution in [0.5, 0.6) is 0 Å². The molecular weight excluding hydrogens is 401 g/mol. The van der Waals surface area contributed by atoms with Gasteiger partial charge >= 0.3 is 11.7 Å². The highest BCUT2D eigenvalue weighted by atomic mass is 35.5. The average Bonchev–Trinajstić information content (AvgIpc) is 3.18. The van der Waals surface area contributed by atoms with Crippen molar-refractivity contribution in [2.45, 2.75) is 19.6 Å². The van der Waals surface area contributed by atoms with Gasteiger partial charge < -0.3 is 5.32 Å². The molecule has 1 aliphatic rings. The first kappa shape index (κ1) is 18.9. The van der Waals surface area contributed by atoms with Crippen molar-refractivity contribution >= 4 is 29.2 Å². The first-order valence-electron chi connectivity index (χ1n) is 8.69. The maximum Gasteiger partial charge on any atom is 0.365 e. The highest BCUT2D eigenvalue weighted by Gasteiger charge is 2.33. The van der Waals surface area contributed by atoms with Crippen molar-refractivity contribution in [3.63, 3.8) is 0 Å². The minimum Gasteiger partial charge on any atom is -0.350 e. The van der Waals surface area contributed by atoms with E-state index in [9.17, 15) is 18.8 Å². The van der Waals surface area contributed by atoms with Crippen LogP contribution in [0.15, 0.2) is 53.3 Å². The van der Waals surface area contributed by atoms with Crippen LogP contribution in [0.1, 0.15) is 11.4 Å². The van der Waals surface area contributed by atoms with Crippen molar-refractivity contribution in [3.8, 4) is 0 Å². The molecule has 8 nitrogen and oxygen atoms in total. The molecule has 1 aliphatic heterocycles. The maximum atomic E-state index is 13.1. The molecule has 0 fully saturated rings. The molecule has 10 heteroatoms. The van der Waals surface area contributed by atoms with Crippen molar-refractivity contribution in [3.05, 3.63) is 81.2 Å². The molecule has 0 saturated carbocycles. The number of benzene rings is 2. The van der Waals surface area contributed by atoms with Crippen LogP contribution in [0.25, 0.3) is 0 Å². The SMILES string of the molecule is O=C(Cn1c(=O)nc2n1C(=O)N(c1ccc(F)cc1)C2)NCc1ccc(Cl)cc1. The molecule has 2 amide bonds. The molecular formula is C19H15ClFN5O3. The Morgan fingerprint density at radius 2 is 1.79 bits per heavy atom. The first-order chi connectivity index (χ1) is 13.9. The summed E-state index contributed by atoms with van der Waals surface area (Å²) in [4.78, 5) is 42.4. The van der Waals surface area contributed by atoms with E-state index in [-0.39, 0.29) is 25.5 Å². The Balaban J connectivity index is 1.48. The lowest BCUT2D eigenvalue weighted by Crippen LogP contribution is -2.38. The van der Waals surface area contributed by atoms with Crippen molar-refractivity contribution < 1.29 is 14.0 Å². The molecule has 3 aromatic rings. The number of nitrogens with one attached hydrogen (secondary N) is 1. The summed E-state index contributed by atoms with van der Waals surface area (Å²) in [5, 5.41) is 3.28. The fourth-order valence-corrected chi connectivity index (χ4v) is 3.16. The topological polar surface area (TPSA) is 89.2 Å². The molecule has 0 unspecified atom stereocenters. The van der Waals surface area contributed by atoms with Gasteiger partial charge in [0.2, 0.25) is 5.91 Å². The molecule has 0 aliphatic carbocycles. The van der Waals surface area contributed by atoms with Crippen LogP contribution in [0.4, 0.5) is 14.9 Å². The fraction of sp³-hybridized carbons (Fsp3) is 0.158. The van der Waals surface area contributed by atoms with E-state index in [1.807, 2.05) is 0 Å². The van der Waals surface area contributed by atoms with E-state index in [4.69, 9.17) is 11.6 Å². The smallest absolute Gasteiger partial charge is 0.350 e. The van der Waals surface area contributed by atoms with Gasteiger partial charge in [-0.3, -0.25) is 9.69 Å². The van der Waals surface area contributed by atoms with Gasteiger partial charge in [-0.25, -0.2) is 18.7 Å². The summed E-state index contributed by atoms with van der Waals surface area (Å²) >= 11 is 5.83. The number of carbonyl (C=O) groups is 2. The molecule has 1 aromatic heterocycles. The fourth-order valence-electron chi connectivity index (χ4n) is 3.04. The standard InChI is InChI=1S/C19H15ClFN5O3/c20-13-3-1-12(2-4-13)9-22-17(27)11-25-18(28)23-16-10-24(19(29)26(16)25)15-7-5-14(21)6-8-15/h1-8H,9-11H2,(H,22,27). The molecule has 0 spiro atoms. The minimum atomic E-state index is -0.686. The third-order valence-electron chi connectivity index (χ3n) is 4.48. The Morgan fingerprint density at radius 3 is 2.48 bits per heavy atom. The van der Waals surface area contributed by atoms with Crippen LogP contribution in [-0.2, 0) is 24.4 Å². The summed E-state index contributed by atoms with van der Waals surface area (Å²) in [5.74, 6) is -0.653. The Bertz CT molecular complexity index is 1140. The van der Waals surface area contributed by atoms with E-state index in [0.29, 0.717) is 10.7 Å². The van der Waals surface area contributed by atoms with Crippen molar-refractivity contribution in [2.24, 2.45) is 0 Å². The van der Waals surface area contributed by atoms with Gasteiger partial charge in [0, 0.05) is 17.3 Å². The van der Waals surface area contributed by atoms with E-state index < -0.39 is 23.4 Å². The Hall–Kier alpha value is -3.46. The van der Waals surface area contributed by atoms with Crippen LogP contribution in [0, 0.1) is 5.82 Å². The van der Waals surface area contributed by atoms with Gasteiger partial charge in [0.05, 0.1) is 6.54 Å². The molecule has 2 heterocycles. The Morgan fingerprint density at radius 1 is 1.10 bits per heavy atom. The van der Waals surface area contributed by atoms with Crippen molar-refractivity contribution in [1.29, 1.82) is 0 Å². The number of rotatable bonds is 5. The highest BCUT2D eigenvalue weighted by molar-refractivity contribution is 6.30. The average molecular weight is 416 g/mol. The second kappa shape index (κ2) is 7.51. The summed E-state index contributed by atoms with van der Waals surface area (Å²) in [7, 11) is 0. The van der Waals surface area contributed by atoms with Gasteiger partial charge in [0.25, 0.3) is 0 Å². The van der Waals surface area contributed by atoms with Crippen LogP contribution >= 0.6 is 11.6 Å². The van der Waals surface area contributed by atoms with E-state index >= 15 is 0 Å². The molecule has 0 atom stereocenters. The van der Waals surface area contributed by atoms with Gasteiger partial charge in [-0.05, 0) is 42.0 Å². The van der Waals surface area contributed by atoms with Crippen LogP contribution in [-0.4, -0.2) is 26.3 Å². The summed E-state index contributed by atoms with van der Waals surface area (Å²) in [6.07, 6.45) is 0. The summed E-state index contributed by atoms with van der Waals surface area (Å²) in [6, 6.07) is 11.8. The molecule has 0 saturated heterocycles. The zero-order valence-electron chi connectivity index (χ0n) is 15.0. The quantitative estimate of drug-likeness (QED) is 0.691. The second-order valence-corrected chi connectivity index (χ2v) is 6.86. The lowest BCUT2D eigenvalue weighted by molar-refractivity contribution is -0.122. The van der Waals surface area contributed by atoms with Crippen LogP contribution in [0.3, 0.4) is 0 Å².